The quantitative estimate of drug-likeness (QED) is 0.710. The summed E-state index contributed by atoms with van der Waals surface area (Å²) < 4.78 is 5.54. The van der Waals surface area contributed by atoms with E-state index >= 15 is 0 Å². The van der Waals surface area contributed by atoms with Crippen molar-refractivity contribution >= 4 is 12.0 Å². The Morgan fingerprint density at radius 2 is 1.32 bits per heavy atom. The Morgan fingerprint density at radius 1 is 0.806 bits per heavy atom. The summed E-state index contributed by atoms with van der Waals surface area (Å²) in [7, 11) is 2.21. The van der Waals surface area contributed by atoms with Crippen LogP contribution in [0.5, 0.6) is 0 Å². The Hall–Kier alpha value is -1.30. The van der Waals surface area contributed by atoms with Crippen LogP contribution in [-0.2, 0) is 9.53 Å². The SMILES string of the molecule is CN1CCC(C2CCN(C(=O)[C@](C)(NC(=O)OC(C)(C)C)C3CCCCC3)CC2)CC1. The van der Waals surface area contributed by atoms with Crippen LogP contribution in [0.1, 0.15) is 85.5 Å². The number of hydrogen-bond donors (Lipinski definition) is 1. The van der Waals surface area contributed by atoms with Gasteiger partial charge in [-0.05, 0) is 104 Å². The minimum absolute atomic E-state index is 0.0899. The zero-order chi connectivity index (χ0) is 22.6. The summed E-state index contributed by atoms with van der Waals surface area (Å²) in [5.41, 5.74) is -1.46. The van der Waals surface area contributed by atoms with Gasteiger partial charge in [0.15, 0.2) is 0 Å². The molecule has 2 heterocycles. The lowest BCUT2D eigenvalue weighted by Crippen LogP contribution is -2.63. The van der Waals surface area contributed by atoms with Gasteiger partial charge in [0.2, 0.25) is 5.91 Å². The monoisotopic (exact) mass is 435 g/mol. The predicted octanol–water partition coefficient (Wildman–Crippen LogP) is 4.43. The summed E-state index contributed by atoms with van der Waals surface area (Å²) in [6, 6.07) is 0. The van der Waals surface area contributed by atoms with Crippen LogP contribution in [0.15, 0.2) is 0 Å². The molecule has 2 saturated heterocycles. The average molecular weight is 436 g/mol. The van der Waals surface area contributed by atoms with Crippen LogP contribution in [0.4, 0.5) is 4.79 Å². The molecule has 31 heavy (non-hydrogen) atoms. The van der Waals surface area contributed by atoms with Crippen LogP contribution in [-0.4, -0.2) is 66.2 Å². The summed E-state index contributed by atoms with van der Waals surface area (Å²) in [5.74, 6) is 1.80. The minimum Gasteiger partial charge on any atom is -0.444 e. The summed E-state index contributed by atoms with van der Waals surface area (Å²) >= 11 is 0. The number of hydrogen-bond acceptors (Lipinski definition) is 4. The first-order chi connectivity index (χ1) is 14.6. The van der Waals surface area contributed by atoms with Crippen LogP contribution >= 0.6 is 0 Å². The number of amides is 2. The molecule has 1 saturated carbocycles. The Kier molecular flexibility index (Phi) is 7.93. The van der Waals surface area contributed by atoms with E-state index in [4.69, 9.17) is 4.74 Å². The van der Waals surface area contributed by atoms with Gasteiger partial charge in [0.1, 0.15) is 11.1 Å². The van der Waals surface area contributed by atoms with Gasteiger partial charge in [-0.3, -0.25) is 4.79 Å². The molecule has 1 N–H and O–H groups in total. The highest BCUT2D eigenvalue weighted by Gasteiger charge is 2.46. The first-order valence-electron chi connectivity index (χ1n) is 12.6. The Morgan fingerprint density at radius 3 is 1.84 bits per heavy atom. The number of rotatable bonds is 4. The topological polar surface area (TPSA) is 61.9 Å². The van der Waals surface area contributed by atoms with Crippen molar-refractivity contribution in [3.63, 3.8) is 0 Å². The minimum atomic E-state index is -0.886. The third kappa shape index (κ3) is 6.36. The van der Waals surface area contributed by atoms with E-state index in [1.165, 1.54) is 32.4 Å². The van der Waals surface area contributed by atoms with Crippen molar-refractivity contribution in [1.82, 2.24) is 15.1 Å². The standard InChI is InChI=1S/C25H45N3O3/c1-24(2,3)31-23(30)26-25(4,21-9-7-6-8-10-21)22(29)28-17-13-20(14-18-28)19-11-15-27(5)16-12-19/h19-21H,6-18H2,1-5H3,(H,26,30)/t25-/m1/s1. The number of nitrogens with zero attached hydrogens (tertiary/aromatic N) is 2. The van der Waals surface area contributed by atoms with Crippen molar-refractivity contribution in [2.24, 2.45) is 17.8 Å². The Bertz CT molecular complexity index is 610. The van der Waals surface area contributed by atoms with Gasteiger partial charge < -0.3 is 19.9 Å². The van der Waals surface area contributed by atoms with Crippen molar-refractivity contribution in [3.05, 3.63) is 0 Å². The molecule has 2 aliphatic heterocycles. The molecule has 0 aromatic heterocycles. The lowest BCUT2D eigenvalue weighted by molar-refractivity contribution is -0.142. The average Bonchev–Trinajstić information content (AvgIpc) is 2.73. The predicted molar refractivity (Wildman–Crippen MR) is 124 cm³/mol. The lowest BCUT2D eigenvalue weighted by Gasteiger charge is -2.45. The maximum absolute atomic E-state index is 13.8. The highest BCUT2D eigenvalue weighted by atomic mass is 16.6. The van der Waals surface area contributed by atoms with Gasteiger partial charge in [0.25, 0.3) is 0 Å². The van der Waals surface area contributed by atoms with Gasteiger partial charge in [-0.2, -0.15) is 0 Å². The van der Waals surface area contributed by atoms with E-state index < -0.39 is 17.2 Å². The third-order valence-electron chi connectivity index (χ3n) is 7.88. The molecule has 0 unspecified atom stereocenters. The van der Waals surface area contributed by atoms with Gasteiger partial charge >= 0.3 is 6.09 Å². The summed E-state index contributed by atoms with van der Waals surface area (Å²) in [6.45, 7) is 11.5. The van der Waals surface area contributed by atoms with Crippen molar-refractivity contribution in [2.75, 3.05) is 33.2 Å². The third-order valence-corrected chi connectivity index (χ3v) is 7.88. The van der Waals surface area contributed by atoms with Crippen molar-refractivity contribution in [2.45, 2.75) is 96.6 Å². The number of carbonyl (C=O) groups excluding carboxylic acids is 2. The molecule has 178 valence electrons. The van der Waals surface area contributed by atoms with Gasteiger partial charge in [0, 0.05) is 13.1 Å². The molecular formula is C25H45N3O3. The molecule has 3 aliphatic rings. The molecule has 6 heteroatoms. The van der Waals surface area contributed by atoms with Gasteiger partial charge in [-0.1, -0.05) is 19.3 Å². The second kappa shape index (κ2) is 10.1. The van der Waals surface area contributed by atoms with E-state index in [9.17, 15) is 9.59 Å². The first kappa shape index (κ1) is 24.3. The Balaban J connectivity index is 1.64. The Labute approximate surface area is 189 Å². The van der Waals surface area contributed by atoms with E-state index in [0.717, 1.165) is 63.5 Å². The molecule has 3 fully saturated rings. The second-order valence-corrected chi connectivity index (χ2v) is 11.4. The highest BCUT2D eigenvalue weighted by molar-refractivity contribution is 5.90. The first-order valence-corrected chi connectivity index (χ1v) is 12.6. The molecule has 1 aliphatic carbocycles. The number of nitrogens with one attached hydrogen (secondary N) is 1. The van der Waals surface area contributed by atoms with E-state index in [-0.39, 0.29) is 11.8 Å². The zero-order valence-electron chi connectivity index (χ0n) is 20.5. The normalized spacial score (nSPS) is 25.1. The van der Waals surface area contributed by atoms with E-state index in [2.05, 4.69) is 17.3 Å². The maximum Gasteiger partial charge on any atom is 0.408 e. The fourth-order valence-electron chi connectivity index (χ4n) is 5.93. The number of carbonyl (C=O) groups is 2. The van der Waals surface area contributed by atoms with Crippen molar-refractivity contribution in [1.29, 1.82) is 0 Å². The van der Waals surface area contributed by atoms with Crippen LogP contribution < -0.4 is 5.32 Å². The molecule has 0 aromatic carbocycles. The summed E-state index contributed by atoms with van der Waals surface area (Å²) in [6.07, 6.45) is 9.73. The molecule has 0 radical (unpaired) electrons. The molecule has 0 aromatic rings. The van der Waals surface area contributed by atoms with Gasteiger partial charge in [-0.15, -0.1) is 0 Å². The van der Waals surface area contributed by atoms with Crippen molar-refractivity contribution < 1.29 is 14.3 Å². The van der Waals surface area contributed by atoms with E-state index in [1.54, 1.807) is 0 Å². The van der Waals surface area contributed by atoms with Crippen molar-refractivity contribution in [3.8, 4) is 0 Å². The molecule has 0 bridgehead atoms. The second-order valence-electron chi connectivity index (χ2n) is 11.4. The number of likely N-dealkylation sites (tertiary alicyclic amines) is 2. The van der Waals surface area contributed by atoms with Crippen LogP contribution in [0.25, 0.3) is 0 Å². The number of alkyl carbamates (subject to hydrolysis) is 1. The summed E-state index contributed by atoms with van der Waals surface area (Å²) in [5, 5.41) is 3.04. The maximum atomic E-state index is 13.8. The van der Waals surface area contributed by atoms with E-state index in [1.807, 2.05) is 32.6 Å². The van der Waals surface area contributed by atoms with Gasteiger partial charge in [-0.25, -0.2) is 4.79 Å². The molecule has 6 nitrogen and oxygen atoms in total. The highest BCUT2D eigenvalue weighted by Crippen LogP contribution is 2.37. The smallest absolute Gasteiger partial charge is 0.408 e. The fraction of sp³-hybridized carbons (Fsp3) is 0.920. The van der Waals surface area contributed by atoms with Crippen LogP contribution in [0, 0.1) is 17.8 Å². The lowest BCUT2D eigenvalue weighted by atomic mass is 9.74. The molecule has 0 spiro atoms. The fourth-order valence-corrected chi connectivity index (χ4v) is 5.93. The zero-order valence-corrected chi connectivity index (χ0v) is 20.5. The van der Waals surface area contributed by atoms with Gasteiger partial charge in [0.05, 0.1) is 0 Å². The molecule has 3 rings (SSSR count). The molecule has 2 amide bonds. The van der Waals surface area contributed by atoms with Crippen LogP contribution in [0.3, 0.4) is 0 Å². The van der Waals surface area contributed by atoms with Crippen LogP contribution in [0.2, 0.25) is 0 Å². The molecule has 1 atom stereocenters. The van der Waals surface area contributed by atoms with E-state index in [0.29, 0.717) is 0 Å². The molecular weight excluding hydrogens is 390 g/mol. The number of piperidine rings is 2. The largest absolute Gasteiger partial charge is 0.444 e. The number of ether oxygens (including phenoxy) is 1. The summed E-state index contributed by atoms with van der Waals surface area (Å²) in [4.78, 5) is 30.9.